The van der Waals surface area contributed by atoms with Gasteiger partial charge in [0.1, 0.15) is 6.54 Å². The molecule has 0 radical (unpaired) electrons. The molecule has 2 fully saturated rings. The van der Waals surface area contributed by atoms with Crippen LogP contribution in [0.1, 0.15) is 16.8 Å². The van der Waals surface area contributed by atoms with E-state index >= 15 is 0 Å². The summed E-state index contributed by atoms with van der Waals surface area (Å²) in [4.78, 5) is 50.1. The average Bonchev–Trinajstić information content (AvgIpc) is 3.30. The van der Waals surface area contributed by atoms with Gasteiger partial charge in [-0.15, -0.1) is 0 Å². The number of likely N-dealkylation sites (tertiary alicyclic amines) is 1. The topological polar surface area (TPSA) is 80.8 Å². The number of ketones is 1. The molecule has 3 aliphatic rings. The lowest BCUT2D eigenvalue weighted by atomic mass is 9.85. The van der Waals surface area contributed by atoms with Crippen LogP contribution in [0.3, 0.4) is 0 Å². The van der Waals surface area contributed by atoms with Crippen molar-refractivity contribution in [1.29, 1.82) is 0 Å². The minimum absolute atomic E-state index is 0.0986. The Hall–Kier alpha value is -2.28. The Balaban J connectivity index is 1.34. The minimum atomic E-state index is -0.752. The van der Waals surface area contributed by atoms with Crippen molar-refractivity contribution in [3.05, 3.63) is 46.5 Å². The van der Waals surface area contributed by atoms with Crippen molar-refractivity contribution in [2.24, 2.45) is 23.7 Å². The number of carbonyl (C=O) groups excluding carboxylic acids is 4. The number of carbonyl (C=O) groups is 4. The first-order chi connectivity index (χ1) is 12.5. The van der Waals surface area contributed by atoms with Gasteiger partial charge in [-0.3, -0.25) is 24.1 Å². The van der Waals surface area contributed by atoms with Gasteiger partial charge in [0.15, 0.2) is 12.4 Å². The quantitative estimate of drug-likeness (QED) is 0.316. The molecule has 26 heavy (non-hydrogen) atoms. The molecular formula is C19H16BrNO5. The van der Waals surface area contributed by atoms with Gasteiger partial charge >= 0.3 is 5.97 Å². The summed E-state index contributed by atoms with van der Waals surface area (Å²) < 4.78 is 5.82. The first-order valence-electron chi connectivity index (χ1n) is 8.43. The van der Waals surface area contributed by atoms with Crippen molar-refractivity contribution < 1.29 is 23.9 Å². The molecule has 1 aliphatic heterocycles. The largest absolute Gasteiger partial charge is 0.456 e. The summed E-state index contributed by atoms with van der Waals surface area (Å²) in [7, 11) is 0. The molecule has 2 aliphatic carbocycles. The van der Waals surface area contributed by atoms with E-state index in [1.54, 1.807) is 24.3 Å². The lowest BCUT2D eigenvalue weighted by Gasteiger charge is -2.16. The van der Waals surface area contributed by atoms with Gasteiger partial charge in [0, 0.05) is 10.0 Å². The van der Waals surface area contributed by atoms with Gasteiger partial charge < -0.3 is 4.74 Å². The first kappa shape index (κ1) is 17.1. The molecule has 1 heterocycles. The monoisotopic (exact) mass is 417 g/mol. The fourth-order valence-electron chi connectivity index (χ4n) is 4.16. The molecule has 7 heteroatoms. The van der Waals surface area contributed by atoms with Crippen LogP contribution in [-0.4, -0.2) is 41.6 Å². The molecule has 0 N–H and O–H groups in total. The maximum Gasteiger partial charge on any atom is 0.326 e. The molecule has 1 aromatic carbocycles. The first-order valence-corrected chi connectivity index (χ1v) is 9.23. The van der Waals surface area contributed by atoms with Crippen LogP contribution in [0.15, 0.2) is 40.9 Å². The molecule has 2 bridgehead atoms. The predicted molar refractivity (Wildman–Crippen MR) is 93.9 cm³/mol. The number of benzene rings is 1. The standard InChI is InChI=1S/C19H16BrNO5/c20-13-5-3-10(4-6-13)14(22)9-26-15(23)8-21-18(24)16-11-1-2-12(7-11)17(16)19(21)25/h1-6,11-12,16-17H,7-9H2/t11-,12+,16-,17+. The van der Waals surface area contributed by atoms with Crippen LogP contribution in [0.5, 0.6) is 0 Å². The average molecular weight is 418 g/mol. The zero-order valence-electron chi connectivity index (χ0n) is 13.8. The summed E-state index contributed by atoms with van der Waals surface area (Å²) in [6.07, 6.45) is 4.83. The van der Waals surface area contributed by atoms with Gasteiger partial charge in [-0.1, -0.05) is 40.2 Å². The normalized spacial score (nSPS) is 28.6. The second-order valence-corrected chi connectivity index (χ2v) is 7.77. The number of allylic oxidation sites excluding steroid dienone is 2. The van der Waals surface area contributed by atoms with E-state index in [-0.39, 0.29) is 41.3 Å². The second-order valence-electron chi connectivity index (χ2n) is 6.85. The fraction of sp³-hybridized carbons (Fsp3) is 0.368. The van der Waals surface area contributed by atoms with Crippen LogP contribution in [0.25, 0.3) is 0 Å². The molecule has 0 aromatic heterocycles. The fourth-order valence-corrected chi connectivity index (χ4v) is 4.42. The van der Waals surface area contributed by atoms with Crippen molar-refractivity contribution in [3.8, 4) is 0 Å². The third kappa shape index (κ3) is 2.80. The van der Waals surface area contributed by atoms with Crippen LogP contribution in [-0.2, 0) is 19.1 Å². The molecule has 4 rings (SSSR count). The van der Waals surface area contributed by atoms with Crippen molar-refractivity contribution >= 4 is 39.5 Å². The maximum absolute atomic E-state index is 12.5. The Bertz CT molecular complexity index is 801. The Kier molecular flexibility index (Phi) is 4.26. The SMILES string of the molecule is O=C(CN1C(=O)[C@@H]2[C@H](C1=O)[C@@H]1C=C[C@H]2C1)OCC(=O)c1ccc(Br)cc1. The molecule has 0 spiro atoms. The number of hydrogen-bond donors (Lipinski definition) is 0. The molecule has 1 aromatic rings. The molecule has 134 valence electrons. The number of amides is 2. The summed E-state index contributed by atoms with van der Waals surface area (Å²) in [5.74, 6) is -2.17. The van der Waals surface area contributed by atoms with E-state index in [9.17, 15) is 19.2 Å². The van der Waals surface area contributed by atoms with Crippen LogP contribution < -0.4 is 0 Å². The zero-order chi connectivity index (χ0) is 18.4. The lowest BCUT2D eigenvalue weighted by molar-refractivity contribution is -0.152. The van der Waals surface area contributed by atoms with Gasteiger partial charge in [-0.2, -0.15) is 0 Å². The Morgan fingerprint density at radius 2 is 1.62 bits per heavy atom. The third-order valence-corrected chi connectivity index (χ3v) is 5.91. The zero-order valence-corrected chi connectivity index (χ0v) is 15.3. The predicted octanol–water partition coefficient (Wildman–Crippen LogP) is 1.98. The number of hydrogen-bond acceptors (Lipinski definition) is 5. The van der Waals surface area contributed by atoms with Crippen LogP contribution in [0.2, 0.25) is 0 Å². The Morgan fingerprint density at radius 1 is 1.04 bits per heavy atom. The van der Waals surface area contributed by atoms with Gasteiger partial charge in [0.2, 0.25) is 11.8 Å². The Morgan fingerprint density at radius 3 is 2.19 bits per heavy atom. The van der Waals surface area contributed by atoms with Crippen LogP contribution in [0.4, 0.5) is 0 Å². The highest BCUT2D eigenvalue weighted by Crippen LogP contribution is 2.52. The molecule has 4 atom stereocenters. The Labute approximate surface area is 158 Å². The second kappa shape index (κ2) is 6.46. The van der Waals surface area contributed by atoms with Gasteiger partial charge in [-0.05, 0) is 30.4 Å². The van der Waals surface area contributed by atoms with Gasteiger partial charge in [-0.25, -0.2) is 0 Å². The molecule has 1 saturated carbocycles. The smallest absolute Gasteiger partial charge is 0.326 e. The molecule has 2 amide bonds. The number of esters is 1. The third-order valence-electron chi connectivity index (χ3n) is 5.38. The molecule has 6 nitrogen and oxygen atoms in total. The van der Waals surface area contributed by atoms with Crippen LogP contribution >= 0.6 is 15.9 Å². The van der Waals surface area contributed by atoms with Crippen molar-refractivity contribution in [1.82, 2.24) is 4.90 Å². The number of halogens is 1. The van der Waals surface area contributed by atoms with E-state index in [1.165, 1.54) is 0 Å². The molecular weight excluding hydrogens is 402 g/mol. The number of fused-ring (bicyclic) bond motifs is 5. The number of nitrogens with zero attached hydrogens (tertiary/aromatic N) is 1. The highest BCUT2D eigenvalue weighted by molar-refractivity contribution is 9.10. The van der Waals surface area contributed by atoms with Gasteiger partial charge in [0.05, 0.1) is 11.8 Å². The molecule has 0 unspecified atom stereocenters. The van der Waals surface area contributed by atoms with E-state index in [2.05, 4.69) is 15.9 Å². The summed E-state index contributed by atoms with van der Waals surface area (Å²) in [5, 5.41) is 0. The van der Waals surface area contributed by atoms with Crippen molar-refractivity contribution in [2.75, 3.05) is 13.2 Å². The molecule has 1 saturated heterocycles. The lowest BCUT2D eigenvalue weighted by Crippen LogP contribution is -2.38. The summed E-state index contributed by atoms with van der Waals surface area (Å²) in [6, 6.07) is 6.69. The van der Waals surface area contributed by atoms with E-state index in [0.717, 1.165) is 15.8 Å². The van der Waals surface area contributed by atoms with E-state index in [4.69, 9.17) is 4.74 Å². The summed E-state index contributed by atoms with van der Waals surface area (Å²) in [5.41, 5.74) is 0.423. The van der Waals surface area contributed by atoms with Crippen LogP contribution in [0, 0.1) is 23.7 Å². The van der Waals surface area contributed by atoms with E-state index in [1.807, 2.05) is 12.2 Å². The number of imide groups is 1. The number of ether oxygens (including phenoxy) is 1. The summed E-state index contributed by atoms with van der Waals surface area (Å²) in [6.45, 7) is -0.853. The summed E-state index contributed by atoms with van der Waals surface area (Å²) >= 11 is 3.28. The highest BCUT2D eigenvalue weighted by Gasteiger charge is 2.59. The number of Topliss-reactive ketones (excluding diaryl/α,β-unsaturated/α-hetero) is 1. The van der Waals surface area contributed by atoms with Crippen molar-refractivity contribution in [3.63, 3.8) is 0 Å². The van der Waals surface area contributed by atoms with Gasteiger partial charge in [0.25, 0.3) is 0 Å². The minimum Gasteiger partial charge on any atom is -0.456 e. The van der Waals surface area contributed by atoms with E-state index < -0.39 is 19.1 Å². The van der Waals surface area contributed by atoms with E-state index in [0.29, 0.717) is 5.56 Å². The number of rotatable bonds is 5. The van der Waals surface area contributed by atoms with Crippen molar-refractivity contribution in [2.45, 2.75) is 6.42 Å². The maximum atomic E-state index is 12.5. The highest BCUT2D eigenvalue weighted by atomic mass is 79.9.